The van der Waals surface area contributed by atoms with Crippen molar-refractivity contribution in [3.05, 3.63) is 76.5 Å². The molecule has 0 saturated carbocycles. The van der Waals surface area contributed by atoms with Crippen LogP contribution < -0.4 is 25.4 Å². The minimum Gasteiger partial charge on any atom is -0.492 e. The van der Waals surface area contributed by atoms with Gasteiger partial charge in [0.05, 0.1) is 30.2 Å². The fraction of sp³-hybridized carbons (Fsp3) is 0.167. The lowest BCUT2D eigenvalue weighted by Gasteiger charge is -2.18. The second-order valence-electron chi connectivity index (χ2n) is 6.73. The fourth-order valence-electron chi connectivity index (χ4n) is 2.96. The highest BCUT2D eigenvalue weighted by Gasteiger charge is 2.18. The molecule has 0 bridgehead atoms. The van der Waals surface area contributed by atoms with Crippen LogP contribution in [0.25, 0.3) is 0 Å². The number of urea groups is 1. The minimum atomic E-state index is -0.546. The molecule has 3 rings (SSSR count). The predicted octanol–water partition coefficient (Wildman–Crippen LogP) is 6.28. The number of benzene rings is 3. The van der Waals surface area contributed by atoms with Gasteiger partial charge in [-0.2, -0.15) is 0 Å². The van der Waals surface area contributed by atoms with E-state index in [0.717, 1.165) is 0 Å². The Hall–Kier alpha value is -3.59. The Balaban J connectivity index is 1.87. The molecule has 0 aliphatic carbocycles. The molecule has 172 valence electrons. The Labute approximate surface area is 199 Å². The summed E-state index contributed by atoms with van der Waals surface area (Å²) in [6, 6.07) is 15.1. The number of anilines is 3. The van der Waals surface area contributed by atoms with Crippen LogP contribution in [-0.4, -0.2) is 25.2 Å². The van der Waals surface area contributed by atoms with E-state index in [4.69, 9.17) is 9.47 Å². The SMILES string of the molecule is CCOc1cc(NC(=O)c2ccccc2Br)c(OCC)cc1NC(=O)Nc1ccc(F)cc1. The van der Waals surface area contributed by atoms with Gasteiger partial charge >= 0.3 is 6.03 Å². The summed E-state index contributed by atoms with van der Waals surface area (Å²) in [5.41, 5.74) is 1.62. The van der Waals surface area contributed by atoms with Crippen molar-refractivity contribution in [1.29, 1.82) is 0 Å². The molecule has 0 fully saturated rings. The van der Waals surface area contributed by atoms with Crippen molar-refractivity contribution < 1.29 is 23.5 Å². The minimum absolute atomic E-state index is 0.333. The van der Waals surface area contributed by atoms with Gasteiger partial charge in [0.1, 0.15) is 17.3 Å². The maximum Gasteiger partial charge on any atom is 0.323 e. The van der Waals surface area contributed by atoms with Crippen molar-refractivity contribution in [2.45, 2.75) is 13.8 Å². The number of ether oxygens (including phenoxy) is 2. The zero-order valence-corrected chi connectivity index (χ0v) is 19.7. The number of carbonyl (C=O) groups excluding carboxylic acids is 2. The molecule has 0 unspecified atom stereocenters. The summed E-state index contributed by atoms with van der Waals surface area (Å²) in [6.45, 7) is 4.29. The second-order valence-corrected chi connectivity index (χ2v) is 7.58. The second kappa shape index (κ2) is 11.3. The van der Waals surface area contributed by atoms with Crippen LogP contribution in [0.1, 0.15) is 24.2 Å². The van der Waals surface area contributed by atoms with E-state index < -0.39 is 11.8 Å². The van der Waals surface area contributed by atoms with Crippen LogP contribution in [0.15, 0.2) is 65.1 Å². The van der Waals surface area contributed by atoms with Crippen molar-refractivity contribution in [1.82, 2.24) is 0 Å². The predicted molar refractivity (Wildman–Crippen MR) is 130 cm³/mol. The Bertz CT molecular complexity index is 1140. The Morgan fingerprint density at radius 2 is 1.42 bits per heavy atom. The third kappa shape index (κ3) is 6.45. The highest BCUT2D eigenvalue weighted by molar-refractivity contribution is 9.10. The van der Waals surface area contributed by atoms with Crippen LogP contribution in [0.5, 0.6) is 11.5 Å². The van der Waals surface area contributed by atoms with Crippen LogP contribution in [0.2, 0.25) is 0 Å². The summed E-state index contributed by atoms with van der Waals surface area (Å²) < 4.78 is 25.1. The molecule has 0 aliphatic rings. The smallest absolute Gasteiger partial charge is 0.323 e. The first-order valence-electron chi connectivity index (χ1n) is 10.2. The molecule has 9 heteroatoms. The molecule has 3 aromatic rings. The normalized spacial score (nSPS) is 10.3. The number of hydrogen-bond donors (Lipinski definition) is 3. The molecule has 0 atom stereocenters. The number of nitrogens with one attached hydrogen (secondary N) is 3. The summed E-state index contributed by atoms with van der Waals surface area (Å²) in [5.74, 6) is -0.0298. The van der Waals surface area contributed by atoms with Gasteiger partial charge in [-0.25, -0.2) is 9.18 Å². The standard InChI is InChI=1S/C24H23BrFN3O4/c1-3-32-21-14-20(29-24(31)27-16-11-9-15(26)10-12-16)22(33-4-2)13-19(21)28-23(30)17-7-5-6-8-18(17)25/h5-14H,3-4H2,1-2H3,(H,28,30)(H2,27,29,31). The van der Waals surface area contributed by atoms with Crippen molar-refractivity contribution in [3.63, 3.8) is 0 Å². The molecule has 33 heavy (non-hydrogen) atoms. The molecule has 3 N–H and O–H groups in total. The number of halogens is 2. The lowest BCUT2D eigenvalue weighted by Crippen LogP contribution is -2.20. The molecule has 3 aromatic carbocycles. The molecule has 0 spiro atoms. The quantitative estimate of drug-likeness (QED) is 0.329. The highest BCUT2D eigenvalue weighted by Crippen LogP contribution is 2.37. The van der Waals surface area contributed by atoms with Gasteiger partial charge in [0.2, 0.25) is 0 Å². The van der Waals surface area contributed by atoms with E-state index in [1.54, 1.807) is 37.3 Å². The van der Waals surface area contributed by atoms with E-state index in [-0.39, 0.29) is 5.91 Å². The van der Waals surface area contributed by atoms with E-state index in [0.29, 0.717) is 51.8 Å². The number of carbonyl (C=O) groups is 2. The molecule has 0 aliphatic heterocycles. The lowest BCUT2D eigenvalue weighted by atomic mass is 10.2. The van der Waals surface area contributed by atoms with Crippen LogP contribution >= 0.6 is 15.9 Å². The van der Waals surface area contributed by atoms with Gasteiger partial charge in [-0.3, -0.25) is 4.79 Å². The molecule has 0 heterocycles. The first-order chi connectivity index (χ1) is 15.9. The van der Waals surface area contributed by atoms with Gasteiger partial charge in [-0.05, 0) is 66.2 Å². The fourth-order valence-corrected chi connectivity index (χ4v) is 3.42. The monoisotopic (exact) mass is 515 g/mol. The van der Waals surface area contributed by atoms with Crippen LogP contribution in [0.3, 0.4) is 0 Å². The van der Waals surface area contributed by atoms with Crippen molar-refractivity contribution in [2.75, 3.05) is 29.2 Å². The van der Waals surface area contributed by atoms with E-state index in [9.17, 15) is 14.0 Å². The van der Waals surface area contributed by atoms with E-state index in [1.807, 2.05) is 13.0 Å². The van der Waals surface area contributed by atoms with Gasteiger partial charge in [0.15, 0.2) is 0 Å². The largest absolute Gasteiger partial charge is 0.492 e. The Morgan fingerprint density at radius 3 is 2.00 bits per heavy atom. The molecule has 7 nitrogen and oxygen atoms in total. The number of amides is 3. The van der Waals surface area contributed by atoms with E-state index >= 15 is 0 Å². The molecule has 3 amide bonds. The average molecular weight is 516 g/mol. The van der Waals surface area contributed by atoms with Gasteiger partial charge in [0.25, 0.3) is 5.91 Å². The molecule has 0 radical (unpaired) electrons. The van der Waals surface area contributed by atoms with Gasteiger partial charge in [-0.1, -0.05) is 12.1 Å². The van der Waals surface area contributed by atoms with Crippen molar-refractivity contribution in [3.8, 4) is 11.5 Å². The summed E-state index contributed by atoms with van der Waals surface area (Å²) in [7, 11) is 0. The maximum atomic E-state index is 13.1. The molecular formula is C24H23BrFN3O4. The lowest BCUT2D eigenvalue weighted by molar-refractivity contribution is 0.102. The topological polar surface area (TPSA) is 88.7 Å². The molecule has 0 saturated heterocycles. The summed E-state index contributed by atoms with van der Waals surface area (Å²) in [5, 5.41) is 8.17. The van der Waals surface area contributed by atoms with E-state index in [2.05, 4.69) is 31.9 Å². The van der Waals surface area contributed by atoms with E-state index in [1.165, 1.54) is 24.3 Å². The summed E-state index contributed by atoms with van der Waals surface area (Å²) >= 11 is 3.38. The first kappa shape index (κ1) is 24.1. The van der Waals surface area contributed by atoms with Gasteiger partial charge < -0.3 is 25.4 Å². The van der Waals surface area contributed by atoms with Gasteiger partial charge in [0, 0.05) is 22.3 Å². The Morgan fingerprint density at radius 1 is 0.848 bits per heavy atom. The van der Waals surface area contributed by atoms with Crippen molar-refractivity contribution >= 4 is 44.9 Å². The number of rotatable bonds is 8. The van der Waals surface area contributed by atoms with Crippen LogP contribution in [-0.2, 0) is 0 Å². The number of hydrogen-bond acceptors (Lipinski definition) is 4. The van der Waals surface area contributed by atoms with Crippen LogP contribution in [0.4, 0.5) is 26.2 Å². The summed E-state index contributed by atoms with van der Waals surface area (Å²) in [6.07, 6.45) is 0. The third-order valence-corrected chi connectivity index (χ3v) is 5.09. The maximum absolute atomic E-state index is 13.1. The third-order valence-electron chi connectivity index (χ3n) is 4.40. The zero-order valence-electron chi connectivity index (χ0n) is 18.1. The van der Waals surface area contributed by atoms with Crippen molar-refractivity contribution in [2.24, 2.45) is 0 Å². The molecular weight excluding hydrogens is 493 g/mol. The molecule has 0 aromatic heterocycles. The highest BCUT2D eigenvalue weighted by atomic mass is 79.9. The average Bonchev–Trinajstić information content (AvgIpc) is 2.78. The zero-order chi connectivity index (χ0) is 23.8. The van der Waals surface area contributed by atoms with Crippen LogP contribution in [0, 0.1) is 5.82 Å². The first-order valence-corrected chi connectivity index (χ1v) is 11.0. The summed E-state index contributed by atoms with van der Waals surface area (Å²) in [4.78, 5) is 25.3. The Kier molecular flexibility index (Phi) is 8.26. The van der Waals surface area contributed by atoms with Gasteiger partial charge in [-0.15, -0.1) is 0 Å².